The number of methoxy groups -OCH3 is 1. The summed E-state index contributed by atoms with van der Waals surface area (Å²) >= 11 is 0. The van der Waals surface area contributed by atoms with Crippen molar-refractivity contribution >= 4 is 18.0 Å². The molecule has 0 spiro atoms. The Kier molecular flexibility index (Phi) is 6.27. The van der Waals surface area contributed by atoms with Gasteiger partial charge in [0, 0.05) is 13.1 Å². The molecule has 0 radical (unpaired) electrons. The number of hydrogen-bond acceptors (Lipinski definition) is 4. The van der Waals surface area contributed by atoms with Crippen molar-refractivity contribution in [2.24, 2.45) is 5.41 Å². The average Bonchev–Trinajstić information content (AvgIpc) is 2.45. The molecule has 20 heavy (non-hydrogen) atoms. The van der Waals surface area contributed by atoms with Crippen LogP contribution >= 0.6 is 0 Å². The molecule has 0 heterocycles. The minimum atomic E-state index is -0.855. The number of carbonyl (C=O) groups excluding carboxylic acids is 2. The highest BCUT2D eigenvalue weighted by atomic mass is 16.5. The van der Waals surface area contributed by atoms with Gasteiger partial charge in [0.25, 0.3) is 0 Å². The molecule has 1 fully saturated rings. The Labute approximate surface area is 118 Å². The van der Waals surface area contributed by atoms with Crippen LogP contribution in [0.1, 0.15) is 38.5 Å². The molecule has 0 aliphatic heterocycles. The van der Waals surface area contributed by atoms with Crippen LogP contribution in [0.4, 0.5) is 4.79 Å². The smallest absolute Gasteiger partial charge is 0.314 e. The number of carboxylic acid groups (broad SMARTS) is 1. The van der Waals surface area contributed by atoms with Crippen LogP contribution in [0.2, 0.25) is 0 Å². The van der Waals surface area contributed by atoms with Crippen LogP contribution in [0, 0.1) is 5.41 Å². The number of urea groups is 1. The van der Waals surface area contributed by atoms with Crippen molar-refractivity contribution in [3.05, 3.63) is 0 Å². The van der Waals surface area contributed by atoms with E-state index >= 15 is 0 Å². The molecule has 0 saturated heterocycles. The number of carbonyl (C=O) groups is 3. The van der Waals surface area contributed by atoms with Crippen molar-refractivity contribution in [2.45, 2.75) is 38.5 Å². The van der Waals surface area contributed by atoms with Crippen molar-refractivity contribution in [2.75, 3.05) is 20.2 Å². The summed E-state index contributed by atoms with van der Waals surface area (Å²) in [7, 11) is 1.28. The Morgan fingerprint density at radius 3 is 2.35 bits per heavy atom. The van der Waals surface area contributed by atoms with E-state index < -0.39 is 23.4 Å². The van der Waals surface area contributed by atoms with Gasteiger partial charge in [0.1, 0.15) is 0 Å². The lowest BCUT2D eigenvalue weighted by Gasteiger charge is -2.33. The Balaban J connectivity index is 2.34. The lowest BCUT2D eigenvalue weighted by molar-refractivity contribution is -0.150. The third kappa shape index (κ3) is 4.71. The number of hydrogen-bond donors (Lipinski definition) is 3. The molecule has 0 aromatic heterocycles. The van der Waals surface area contributed by atoms with Crippen LogP contribution in [-0.2, 0) is 14.3 Å². The zero-order valence-corrected chi connectivity index (χ0v) is 11.7. The quantitative estimate of drug-likeness (QED) is 0.629. The number of amides is 2. The summed E-state index contributed by atoms with van der Waals surface area (Å²) in [6.07, 6.45) is 4.06. The highest BCUT2D eigenvalue weighted by Gasteiger charge is 2.39. The predicted molar refractivity (Wildman–Crippen MR) is 71.2 cm³/mol. The Bertz CT molecular complexity index is 364. The largest absolute Gasteiger partial charge is 0.481 e. The molecule has 0 aromatic carbocycles. The van der Waals surface area contributed by atoms with Crippen molar-refractivity contribution in [1.82, 2.24) is 10.6 Å². The van der Waals surface area contributed by atoms with Gasteiger partial charge in [-0.15, -0.1) is 0 Å². The van der Waals surface area contributed by atoms with Crippen LogP contribution in [0.3, 0.4) is 0 Å². The molecule has 1 aliphatic rings. The maximum Gasteiger partial charge on any atom is 0.314 e. The fraction of sp³-hybridized carbons (Fsp3) is 0.769. The standard InChI is InChI=1S/C13H22N2O5/c1-20-10(16)5-8-14-12(19)15-9-13(11(17)18)6-3-2-4-7-13/h2-9H2,1H3,(H,17,18)(H2,14,15,19). The molecule has 7 nitrogen and oxygen atoms in total. The van der Waals surface area contributed by atoms with E-state index in [1.165, 1.54) is 7.11 Å². The molecule has 3 N–H and O–H groups in total. The van der Waals surface area contributed by atoms with Gasteiger partial charge in [-0.3, -0.25) is 9.59 Å². The molecular formula is C13H22N2O5. The number of aliphatic carboxylic acids is 1. The lowest BCUT2D eigenvalue weighted by Crippen LogP contribution is -2.47. The maximum absolute atomic E-state index is 11.6. The summed E-state index contributed by atoms with van der Waals surface area (Å²) in [5.41, 5.74) is -0.849. The van der Waals surface area contributed by atoms with Crippen LogP contribution in [-0.4, -0.2) is 43.3 Å². The van der Waals surface area contributed by atoms with E-state index in [2.05, 4.69) is 15.4 Å². The first-order chi connectivity index (χ1) is 9.50. The summed E-state index contributed by atoms with van der Waals surface area (Å²) in [6, 6.07) is -0.458. The second-order valence-electron chi connectivity index (χ2n) is 5.08. The Morgan fingerprint density at radius 1 is 1.15 bits per heavy atom. The highest BCUT2D eigenvalue weighted by molar-refractivity contribution is 5.78. The van der Waals surface area contributed by atoms with E-state index in [-0.39, 0.29) is 19.5 Å². The summed E-state index contributed by atoms with van der Waals surface area (Å²) in [6.45, 7) is 0.283. The van der Waals surface area contributed by atoms with E-state index in [0.717, 1.165) is 19.3 Å². The molecule has 0 atom stereocenters. The van der Waals surface area contributed by atoms with Crippen LogP contribution in [0.15, 0.2) is 0 Å². The fourth-order valence-electron chi connectivity index (χ4n) is 2.39. The fourth-order valence-corrected chi connectivity index (χ4v) is 2.39. The molecule has 2 amide bonds. The summed E-state index contributed by atoms with van der Waals surface area (Å²) in [4.78, 5) is 33.8. The number of rotatable bonds is 6. The molecule has 0 aromatic rings. The SMILES string of the molecule is COC(=O)CCNC(=O)NCC1(C(=O)O)CCCCC1. The van der Waals surface area contributed by atoms with E-state index in [0.29, 0.717) is 12.8 Å². The van der Waals surface area contributed by atoms with Gasteiger partial charge in [0.05, 0.1) is 18.9 Å². The van der Waals surface area contributed by atoms with Crippen molar-refractivity contribution in [1.29, 1.82) is 0 Å². The third-order valence-corrected chi connectivity index (χ3v) is 3.69. The molecule has 1 saturated carbocycles. The molecule has 0 unspecified atom stereocenters. The molecule has 7 heteroatoms. The van der Waals surface area contributed by atoms with Crippen molar-refractivity contribution in [3.63, 3.8) is 0 Å². The monoisotopic (exact) mass is 286 g/mol. The molecular weight excluding hydrogens is 264 g/mol. The summed E-state index contributed by atoms with van der Waals surface area (Å²) < 4.78 is 4.45. The number of ether oxygens (including phenoxy) is 1. The summed E-state index contributed by atoms with van der Waals surface area (Å²) in [5, 5.41) is 14.4. The number of esters is 1. The Hall–Kier alpha value is -1.79. The highest BCUT2D eigenvalue weighted by Crippen LogP contribution is 2.35. The van der Waals surface area contributed by atoms with Gasteiger partial charge >= 0.3 is 18.0 Å². The van der Waals surface area contributed by atoms with Crippen LogP contribution in [0.5, 0.6) is 0 Å². The van der Waals surface area contributed by atoms with Crippen molar-refractivity contribution in [3.8, 4) is 0 Å². The first kappa shape index (κ1) is 16.3. The third-order valence-electron chi connectivity index (χ3n) is 3.69. The topological polar surface area (TPSA) is 105 Å². The predicted octanol–water partition coefficient (Wildman–Crippen LogP) is 0.884. The van der Waals surface area contributed by atoms with Gasteiger partial charge in [0.15, 0.2) is 0 Å². The molecule has 0 bridgehead atoms. The zero-order chi connectivity index (χ0) is 15.0. The van der Waals surface area contributed by atoms with E-state index in [1.807, 2.05) is 0 Å². The van der Waals surface area contributed by atoms with Gasteiger partial charge in [-0.05, 0) is 12.8 Å². The number of nitrogens with one attached hydrogen (secondary N) is 2. The van der Waals surface area contributed by atoms with Crippen molar-refractivity contribution < 1.29 is 24.2 Å². The maximum atomic E-state index is 11.6. The van der Waals surface area contributed by atoms with E-state index in [1.54, 1.807) is 0 Å². The van der Waals surface area contributed by atoms with Crippen LogP contribution in [0.25, 0.3) is 0 Å². The summed E-state index contributed by atoms with van der Waals surface area (Å²) in [5.74, 6) is -1.26. The van der Waals surface area contributed by atoms with Gasteiger partial charge in [-0.25, -0.2) is 4.79 Å². The molecule has 1 aliphatic carbocycles. The lowest BCUT2D eigenvalue weighted by atomic mass is 9.74. The van der Waals surface area contributed by atoms with Gasteiger partial charge in [0.2, 0.25) is 0 Å². The minimum absolute atomic E-state index is 0.0913. The normalized spacial score (nSPS) is 17.1. The minimum Gasteiger partial charge on any atom is -0.481 e. The Morgan fingerprint density at radius 2 is 1.80 bits per heavy atom. The molecule has 114 valence electrons. The van der Waals surface area contributed by atoms with E-state index in [9.17, 15) is 19.5 Å². The van der Waals surface area contributed by atoms with Crippen LogP contribution < -0.4 is 10.6 Å². The van der Waals surface area contributed by atoms with E-state index in [4.69, 9.17) is 0 Å². The number of carboxylic acids is 1. The van der Waals surface area contributed by atoms with Gasteiger partial charge in [-0.1, -0.05) is 19.3 Å². The molecule has 1 rings (SSSR count). The first-order valence-electron chi connectivity index (χ1n) is 6.82. The second-order valence-corrected chi connectivity index (χ2v) is 5.08. The first-order valence-corrected chi connectivity index (χ1v) is 6.82. The van der Waals surface area contributed by atoms with Gasteiger partial charge < -0.3 is 20.5 Å². The zero-order valence-electron chi connectivity index (χ0n) is 11.7. The second kappa shape index (κ2) is 7.72. The van der Waals surface area contributed by atoms with Gasteiger partial charge in [-0.2, -0.15) is 0 Å². The average molecular weight is 286 g/mol.